The van der Waals surface area contributed by atoms with Crippen LogP contribution in [0.15, 0.2) is 158 Å². The van der Waals surface area contributed by atoms with Crippen LogP contribution in [-0.4, -0.2) is 116 Å². The summed E-state index contributed by atoms with van der Waals surface area (Å²) in [4.78, 5) is 142. The second-order valence-electron chi connectivity index (χ2n) is 37.3. The summed E-state index contributed by atoms with van der Waals surface area (Å²) < 4.78 is 52.2. The van der Waals surface area contributed by atoms with E-state index >= 15 is 0 Å². The molecule has 0 saturated carbocycles. The van der Waals surface area contributed by atoms with Crippen LogP contribution in [0.5, 0.6) is 11.5 Å². The number of halogens is 7. The van der Waals surface area contributed by atoms with Crippen LogP contribution >= 0.6 is 55.1 Å². The molecule has 0 aliphatic carbocycles. The fourth-order valence-electron chi connectivity index (χ4n) is 18.4. The van der Waals surface area contributed by atoms with Crippen LogP contribution in [0, 0.1) is 17.5 Å². The number of hydrogen-bond donors (Lipinski definition) is 10. The number of imidazole rings is 7. The zero-order valence-corrected chi connectivity index (χ0v) is 87.7. The van der Waals surface area contributed by atoms with E-state index in [1.165, 1.54) is 43.5 Å². The number of rotatable bonds is 14. The van der Waals surface area contributed by atoms with Crippen molar-refractivity contribution in [1.82, 2.24) is 101 Å². The lowest BCUT2D eigenvalue weighted by atomic mass is 9.99. The average molecular weight is 2120 g/mol. The van der Waals surface area contributed by atoms with Crippen LogP contribution in [0.2, 0.25) is 10.0 Å². The molecule has 0 fully saturated rings. The third kappa shape index (κ3) is 19.5. The highest BCUT2D eigenvalue weighted by Gasteiger charge is 2.29. The highest BCUT2D eigenvalue weighted by molar-refractivity contribution is 9.10. The molecule has 10 N–H and O–H groups in total. The summed E-state index contributed by atoms with van der Waals surface area (Å²) in [5, 5.41) is 30.6. The molecule has 0 unspecified atom stereocenters. The van der Waals surface area contributed by atoms with Gasteiger partial charge in [-0.25, -0.2) is 78.9 Å². The van der Waals surface area contributed by atoms with E-state index in [0.29, 0.717) is 171 Å². The lowest BCUT2D eigenvalue weighted by molar-refractivity contribution is 0.0727. The first-order chi connectivity index (χ1) is 67.8. The van der Waals surface area contributed by atoms with Gasteiger partial charge in [0.25, 0.3) is 38.9 Å². The Bertz CT molecular complexity index is 8620. The molecule has 0 aliphatic heterocycles. The fourth-order valence-corrected chi connectivity index (χ4v) is 19.4. The zero-order chi connectivity index (χ0) is 104. The van der Waals surface area contributed by atoms with Gasteiger partial charge in [0.2, 0.25) is 40.4 Å². The minimum Gasteiger partial charge on any atom is -0.508 e. The van der Waals surface area contributed by atoms with Crippen LogP contribution in [0.25, 0.3) is 118 Å². The van der Waals surface area contributed by atoms with Crippen LogP contribution in [0.1, 0.15) is 260 Å². The number of aromatic nitrogens is 21. The minimum absolute atomic E-state index is 0.00489. The number of fused-ring (bicyclic) bond motifs is 21. The standard InChI is InChI=1S/2C15H15BrFN3O.2C15H16ClN3O.C15H16FN3O2.2C15H17N3O2/c1-4-8-13(7(2)3)19-15-18-11-6-10(17)9(16)5-12(11)20(15)14(8)21;1-4-8-13(7(2)3)19-15-18-11-5-9(16)10(17)6-12(11)20(15)14(8)21;1-4-10-13(8(2)3)18-15-17-11-7-9(16)5-6-12(11)19(15)14(10)20;1-4-10-13(8(2)3)18-15-17-11-6-5-9(16)7-12(11)19(15)14(10)20;1-4-9-12(15(2,3)21)18-14-17-10-7-8(16)5-6-11(10)19(14)13(9)20;1-4-10-13(8(2)3)17-15-16-11-7-9(19)5-6-12(11)18(15)14(10)20;1-4-10-13(8(2)3)17-15-16-11-6-5-9(19)7-12(11)18(15)14(10)20/h2*5-7H,4H2,1-3H3,(H,18,19);2*5-8H,4H2,1-3H3,(H,17,18);5-7,21H,4H2,1-3H3,(H,17,18);2*5-8,19H,4H2,1-3H3,(H,16,17). The maximum absolute atomic E-state index is 13.8. The first-order valence-electron chi connectivity index (χ1n) is 47.6. The van der Waals surface area contributed by atoms with Gasteiger partial charge in [0.1, 0.15) is 29.0 Å². The van der Waals surface area contributed by atoms with E-state index in [1.54, 1.807) is 104 Å². The van der Waals surface area contributed by atoms with Gasteiger partial charge in [-0.1, -0.05) is 155 Å². The van der Waals surface area contributed by atoms with E-state index in [4.69, 9.17) is 23.2 Å². The van der Waals surface area contributed by atoms with Crippen molar-refractivity contribution in [2.24, 2.45) is 0 Å². The Morgan fingerprint density at radius 2 is 0.552 bits per heavy atom. The lowest BCUT2D eigenvalue weighted by Gasteiger charge is -2.20. The van der Waals surface area contributed by atoms with Crippen molar-refractivity contribution in [2.45, 2.75) is 231 Å². The summed E-state index contributed by atoms with van der Waals surface area (Å²) in [5.74, 6) is 3.85. The molecule has 143 heavy (non-hydrogen) atoms. The number of hydrogen-bond acceptors (Lipinski definition) is 17. The van der Waals surface area contributed by atoms with E-state index in [9.17, 15) is 62.1 Å². The van der Waals surface area contributed by atoms with Gasteiger partial charge in [0.15, 0.2) is 0 Å². The number of aromatic hydroxyl groups is 2. The summed E-state index contributed by atoms with van der Waals surface area (Å²) in [7, 11) is 0. The second-order valence-corrected chi connectivity index (χ2v) is 39.9. The predicted molar refractivity (Wildman–Crippen MR) is 567 cm³/mol. The SMILES string of the molecule is CCc1c(C(C)(C)O)[nH]c2nc3cc(F)ccc3n2c1=O.CCc1c(C(C)C)[nH]c2nc3cc(Br)c(F)cc3n2c1=O.CCc1c(C(C)C)[nH]c2nc3cc(Cl)ccc3n2c1=O.CCc1c(C(C)C)[nH]c2nc3cc(F)c(Br)cc3n2c1=O.CCc1c(C(C)C)[nH]c2nc3cc(O)ccc3n2c1=O.CCc1c(C(C)C)[nH]c2nc3ccc(Cl)cc3n2c1=O.CCc1c(C(C)C)[nH]c2nc3ccc(O)cc3n2c1=O. The number of aromatic amines is 7. The van der Waals surface area contributed by atoms with Gasteiger partial charge in [-0.05, 0) is 211 Å². The van der Waals surface area contributed by atoms with Gasteiger partial charge in [-0.3, -0.25) is 33.6 Å². The third-order valence-corrected chi connectivity index (χ3v) is 27.0. The Balaban J connectivity index is 0.000000126. The number of nitrogens with one attached hydrogen (secondary N) is 7. The van der Waals surface area contributed by atoms with E-state index in [1.807, 2.05) is 88.3 Å². The zero-order valence-electron chi connectivity index (χ0n) is 83.0. The van der Waals surface area contributed by atoms with Crippen LogP contribution in [-0.2, 0) is 50.5 Å². The molecule has 7 aromatic carbocycles. The van der Waals surface area contributed by atoms with Gasteiger partial charge in [0.05, 0.1) is 97.5 Å². The average Bonchev–Trinajstić information content (AvgIpc) is 1.63. The molecule has 14 heterocycles. The van der Waals surface area contributed by atoms with Crippen molar-refractivity contribution in [1.29, 1.82) is 0 Å². The summed E-state index contributed by atoms with van der Waals surface area (Å²) in [6.45, 7) is 41.5. The smallest absolute Gasteiger partial charge is 0.263 e. The molecule has 0 atom stereocenters. The summed E-state index contributed by atoms with van der Waals surface area (Å²) in [5.41, 5.74) is 18.2. The Labute approximate surface area is 842 Å². The van der Waals surface area contributed by atoms with Crippen LogP contribution in [0.3, 0.4) is 0 Å². The third-order valence-electron chi connectivity index (χ3n) is 25.3. The normalized spacial score (nSPS) is 11.9. The fraction of sp³-hybridized carbons (Fsp3) is 0.333. The summed E-state index contributed by atoms with van der Waals surface area (Å²) in [6.07, 6.45) is 4.47. The van der Waals surface area contributed by atoms with Gasteiger partial charge in [-0.15, -0.1) is 0 Å². The maximum atomic E-state index is 13.8. The van der Waals surface area contributed by atoms with Crippen molar-refractivity contribution in [2.75, 3.05) is 0 Å². The largest absolute Gasteiger partial charge is 0.508 e. The summed E-state index contributed by atoms with van der Waals surface area (Å²) >= 11 is 18.3. The highest BCUT2D eigenvalue weighted by Crippen LogP contribution is 2.33. The van der Waals surface area contributed by atoms with E-state index in [-0.39, 0.29) is 85.9 Å². The molecular formula is C105H112Br2Cl2F3N21O10. The molecular weight excluding hydrogens is 2000 g/mol. The molecule has 31 nitrogen and oxygen atoms in total. The Hall–Kier alpha value is -13.8. The molecule has 14 aromatic heterocycles. The molecule has 0 saturated heterocycles. The van der Waals surface area contributed by atoms with Gasteiger partial charge in [-0.2, -0.15) is 0 Å². The molecule has 0 amide bonds. The van der Waals surface area contributed by atoms with Crippen LogP contribution in [0.4, 0.5) is 13.2 Å². The van der Waals surface area contributed by atoms with Crippen LogP contribution < -0.4 is 38.9 Å². The molecule has 38 heteroatoms. The van der Waals surface area contributed by atoms with Crippen molar-refractivity contribution in [3.63, 3.8) is 0 Å². The van der Waals surface area contributed by atoms with Gasteiger partial charge < -0.3 is 50.2 Å². The number of phenols is 2. The minimum atomic E-state index is -1.18. The van der Waals surface area contributed by atoms with Crippen molar-refractivity contribution >= 4 is 173 Å². The van der Waals surface area contributed by atoms with Crippen molar-refractivity contribution in [3.8, 4) is 11.5 Å². The molecule has 0 aliphatic rings. The predicted octanol–water partition coefficient (Wildman–Crippen LogP) is 21.8. The molecule has 21 rings (SSSR count). The van der Waals surface area contributed by atoms with E-state index in [0.717, 1.165) is 89.6 Å². The first-order valence-corrected chi connectivity index (χ1v) is 49.9. The Morgan fingerprint density at radius 3 is 0.923 bits per heavy atom. The topological polar surface area (TPSA) is 412 Å². The first kappa shape index (κ1) is 104. The van der Waals surface area contributed by atoms with Gasteiger partial charge >= 0.3 is 0 Å². The highest BCUT2D eigenvalue weighted by atomic mass is 79.9. The van der Waals surface area contributed by atoms with Gasteiger partial charge in [0, 0.05) is 113 Å². The van der Waals surface area contributed by atoms with E-state index in [2.05, 4.69) is 157 Å². The lowest BCUT2D eigenvalue weighted by Crippen LogP contribution is -2.29. The molecule has 0 spiro atoms. The maximum Gasteiger partial charge on any atom is 0.263 e. The van der Waals surface area contributed by atoms with Crippen molar-refractivity contribution < 1.29 is 28.5 Å². The quantitative estimate of drug-likeness (QED) is 0.0483. The number of H-pyrrole nitrogens is 7. The molecule has 21 aromatic rings. The second kappa shape index (κ2) is 41.3. The number of benzene rings is 7. The molecule has 0 radical (unpaired) electrons. The van der Waals surface area contributed by atoms with E-state index < -0.39 is 23.1 Å². The number of phenolic OH excluding ortho intramolecular Hbond substituents is 2. The Kier molecular flexibility index (Phi) is 29.9. The molecule has 746 valence electrons. The number of nitrogens with zero attached hydrogens (tertiary/aromatic N) is 14. The molecule has 0 bridgehead atoms. The Morgan fingerprint density at radius 1 is 0.301 bits per heavy atom. The van der Waals surface area contributed by atoms with Crippen molar-refractivity contribution in [3.05, 3.63) is 303 Å². The number of aliphatic hydroxyl groups is 1. The monoisotopic (exact) mass is 2110 g/mol. The summed E-state index contributed by atoms with van der Waals surface area (Å²) in [6, 6.07) is 30.4.